The average molecular weight is 691 g/mol. The van der Waals surface area contributed by atoms with Gasteiger partial charge in [-0.05, 0) is 36.2 Å². The first-order valence-electron chi connectivity index (χ1n) is 14.3. The lowest BCUT2D eigenvalue weighted by Crippen LogP contribution is -2.43. The van der Waals surface area contributed by atoms with E-state index in [1.54, 1.807) is 24.3 Å². The number of primary amides is 1. The summed E-state index contributed by atoms with van der Waals surface area (Å²) < 4.78 is 10.9. The molecule has 0 aliphatic rings. The molecule has 2 aromatic heterocycles. The first-order chi connectivity index (χ1) is 22.7. The number of ether oxygens (including phenoxy) is 2. The fraction of sp³-hybridized carbons (Fsp3) is 0.250. The standard InChI is InChI=1S/C32H31ClN8O4S2/c33-21-5-1-20(2-6-21)31-40-22(17-46-31)18-47-32-25(16-36)28(24(15-35)29(37)41-32)19-3-7-23(8-4-19)44-13-14-45-27(42)10-9-26(30(38)43)39-12-11-34/h1-8,17,26,39H,9-14,18,34H2,(H2,37,41)(H2,38,43)/t26-/m0/s1. The number of halogens is 1. The van der Waals surface area contributed by atoms with Crippen LogP contribution in [0.3, 0.4) is 0 Å². The molecule has 1 atom stereocenters. The molecule has 1 amide bonds. The van der Waals surface area contributed by atoms with Crippen LogP contribution in [0.5, 0.6) is 5.75 Å². The van der Waals surface area contributed by atoms with Crippen molar-refractivity contribution in [3.8, 4) is 39.6 Å². The van der Waals surface area contributed by atoms with Crippen molar-refractivity contribution in [1.29, 1.82) is 10.5 Å². The number of anilines is 1. The van der Waals surface area contributed by atoms with E-state index in [2.05, 4.69) is 22.4 Å². The van der Waals surface area contributed by atoms with Gasteiger partial charge >= 0.3 is 5.97 Å². The lowest BCUT2D eigenvalue weighted by molar-refractivity contribution is -0.144. The third kappa shape index (κ3) is 9.65. The molecular formula is C32H31ClN8O4S2. The number of pyridine rings is 1. The van der Waals surface area contributed by atoms with E-state index >= 15 is 0 Å². The van der Waals surface area contributed by atoms with Gasteiger partial charge in [-0.25, -0.2) is 9.97 Å². The predicted molar refractivity (Wildman–Crippen MR) is 181 cm³/mol. The number of nitriles is 2. The molecule has 0 unspecified atom stereocenters. The summed E-state index contributed by atoms with van der Waals surface area (Å²) in [4.78, 5) is 32.6. The monoisotopic (exact) mass is 690 g/mol. The molecule has 0 saturated heterocycles. The van der Waals surface area contributed by atoms with E-state index in [9.17, 15) is 20.1 Å². The molecular weight excluding hydrogens is 660 g/mol. The number of thioether (sulfide) groups is 1. The van der Waals surface area contributed by atoms with Gasteiger partial charge in [0.15, 0.2) is 0 Å². The van der Waals surface area contributed by atoms with Gasteiger partial charge < -0.3 is 32.0 Å². The molecule has 7 N–H and O–H groups in total. The first-order valence-corrected chi connectivity index (χ1v) is 16.6. The van der Waals surface area contributed by atoms with Gasteiger partial charge in [-0.15, -0.1) is 11.3 Å². The fourth-order valence-electron chi connectivity index (χ4n) is 4.40. The van der Waals surface area contributed by atoms with Crippen molar-refractivity contribution in [2.75, 3.05) is 32.0 Å². The summed E-state index contributed by atoms with van der Waals surface area (Å²) >= 11 is 8.81. The highest BCUT2D eigenvalue weighted by atomic mass is 35.5. The number of benzene rings is 2. The first kappa shape index (κ1) is 35.2. The zero-order chi connectivity index (χ0) is 33.8. The van der Waals surface area contributed by atoms with Crippen LogP contribution in [-0.2, 0) is 20.1 Å². The minimum atomic E-state index is -0.665. The van der Waals surface area contributed by atoms with Crippen molar-refractivity contribution in [1.82, 2.24) is 15.3 Å². The second-order valence-electron chi connectivity index (χ2n) is 9.92. The Morgan fingerprint density at radius 2 is 1.72 bits per heavy atom. The lowest BCUT2D eigenvalue weighted by Gasteiger charge is -2.14. The van der Waals surface area contributed by atoms with Crippen molar-refractivity contribution in [2.45, 2.75) is 29.7 Å². The van der Waals surface area contributed by atoms with E-state index < -0.39 is 17.9 Å². The van der Waals surface area contributed by atoms with Crippen molar-refractivity contribution in [3.63, 3.8) is 0 Å². The number of esters is 1. The molecule has 0 saturated carbocycles. The van der Waals surface area contributed by atoms with E-state index in [4.69, 9.17) is 43.3 Å². The zero-order valence-electron chi connectivity index (χ0n) is 25.1. The number of thiazole rings is 1. The van der Waals surface area contributed by atoms with Crippen LogP contribution in [0.25, 0.3) is 21.7 Å². The number of amides is 1. The Kier molecular flexibility index (Phi) is 12.9. The summed E-state index contributed by atoms with van der Waals surface area (Å²) in [6.07, 6.45) is 0.202. The Morgan fingerprint density at radius 3 is 2.38 bits per heavy atom. The number of nitrogen functional groups attached to an aromatic ring is 1. The van der Waals surface area contributed by atoms with Gasteiger partial charge in [0.05, 0.1) is 17.3 Å². The molecule has 242 valence electrons. The van der Waals surface area contributed by atoms with Crippen LogP contribution in [0, 0.1) is 22.7 Å². The van der Waals surface area contributed by atoms with Crippen LogP contribution in [0.1, 0.15) is 29.7 Å². The van der Waals surface area contributed by atoms with E-state index in [1.165, 1.54) is 23.1 Å². The van der Waals surface area contributed by atoms with Crippen molar-refractivity contribution in [3.05, 3.63) is 75.8 Å². The van der Waals surface area contributed by atoms with Gasteiger partial charge in [0.1, 0.15) is 52.5 Å². The second-order valence-corrected chi connectivity index (χ2v) is 12.2. The minimum Gasteiger partial charge on any atom is -0.490 e. The molecule has 15 heteroatoms. The molecule has 0 fully saturated rings. The molecule has 4 aromatic rings. The van der Waals surface area contributed by atoms with Gasteiger partial charge in [0.25, 0.3) is 0 Å². The number of carbonyl (C=O) groups is 2. The highest BCUT2D eigenvalue weighted by Crippen LogP contribution is 2.37. The SMILES string of the molecule is N#Cc1c(N)nc(SCc2csc(-c3ccc(Cl)cc3)n2)c(C#N)c1-c1ccc(OCCOC(=O)CC[C@H](NCCN)C(N)=O)cc1. The lowest BCUT2D eigenvalue weighted by atomic mass is 9.97. The largest absolute Gasteiger partial charge is 0.490 e. The zero-order valence-corrected chi connectivity index (χ0v) is 27.5. The molecule has 2 aromatic carbocycles. The number of nitrogens with two attached hydrogens (primary N) is 3. The summed E-state index contributed by atoms with van der Waals surface area (Å²) in [5.74, 6) is -0.114. The maximum atomic E-state index is 12.1. The number of rotatable bonds is 16. The van der Waals surface area contributed by atoms with E-state index in [1.807, 2.05) is 29.6 Å². The third-order valence-corrected chi connectivity index (χ3v) is 8.89. The molecule has 2 heterocycles. The van der Waals surface area contributed by atoms with Gasteiger partial charge in [0, 0.05) is 46.8 Å². The topological polar surface area (TPSA) is 216 Å². The summed E-state index contributed by atoms with van der Waals surface area (Å²) in [5, 5.41) is 26.7. The van der Waals surface area contributed by atoms with Crippen LogP contribution >= 0.6 is 34.7 Å². The number of carbonyl (C=O) groups excluding carboxylic acids is 2. The molecule has 0 spiro atoms. The number of aromatic nitrogens is 2. The maximum Gasteiger partial charge on any atom is 0.305 e. The van der Waals surface area contributed by atoms with Crippen molar-refractivity contribution >= 4 is 52.4 Å². The van der Waals surface area contributed by atoms with Gasteiger partial charge in [0.2, 0.25) is 5.91 Å². The Labute approximate surface area is 284 Å². The quantitative estimate of drug-likeness (QED) is 0.0737. The van der Waals surface area contributed by atoms with E-state index in [-0.39, 0.29) is 43.0 Å². The third-order valence-electron chi connectivity index (χ3n) is 6.69. The maximum absolute atomic E-state index is 12.1. The minimum absolute atomic E-state index is 0.00311. The Balaban J connectivity index is 1.38. The van der Waals surface area contributed by atoms with E-state index in [0.29, 0.717) is 45.8 Å². The molecule has 0 aliphatic heterocycles. The fourth-order valence-corrected chi connectivity index (χ4v) is 6.35. The normalized spacial score (nSPS) is 11.3. The van der Waals surface area contributed by atoms with Crippen molar-refractivity contribution < 1.29 is 19.1 Å². The smallest absolute Gasteiger partial charge is 0.305 e. The van der Waals surface area contributed by atoms with Crippen LogP contribution < -0.4 is 27.3 Å². The van der Waals surface area contributed by atoms with Crippen LogP contribution in [0.4, 0.5) is 5.82 Å². The summed E-state index contributed by atoms with van der Waals surface area (Å²) in [6, 6.07) is 17.8. The molecule has 12 nitrogen and oxygen atoms in total. The number of hydrogen-bond donors (Lipinski definition) is 4. The van der Waals surface area contributed by atoms with Crippen LogP contribution in [0.15, 0.2) is 58.9 Å². The van der Waals surface area contributed by atoms with Gasteiger partial charge in [-0.1, -0.05) is 47.6 Å². The highest BCUT2D eigenvalue weighted by Gasteiger charge is 2.21. The number of hydrogen-bond acceptors (Lipinski definition) is 13. The van der Waals surface area contributed by atoms with Gasteiger partial charge in [-0.2, -0.15) is 10.5 Å². The average Bonchev–Trinajstić information content (AvgIpc) is 3.55. The Bertz CT molecular complexity index is 1790. The van der Waals surface area contributed by atoms with Crippen LogP contribution in [0.2, 0.25) is 5.02 Å². The van der Waals surface area contributed by atoms with Crippen LogP contribution in [-0.4, -0.2) is 54.2 Å². The Hall–Kier alpha value is -4.70. The molecule has 0 aliphatic carbocycles. The molecule has 4 rings (SSSR count). The summed E-state index contributed by atoms with van der Waals surface area (Å²) in [5.41, 5.74) is 20.0. The summed E-state index contributed by atoms with van der Waals surface area (Å²) in [6.45, 7) is 0.822. The van der Waals surface area contributed by atoms with Crippen molar-refractivity contribution in [2.24, 2.45) is 11.5 Å². The van der Waals surface area contributed by atoms with Gasteiger partial charge in [-0.3, -0.25) is 9.59 Å². The number of nitrogens with one attached hydrogen (secondary N) is 1. The molecule has 0 bridgehead atoms. The summed E-state index contributed by atoms with van der Waals surface area (Å²) in [7, 11) is 0. The highest BCUT2D eigenvalue weighted by molar-refractivity contribution is 7.98. The predicted octanol–water partition coefficient (Wildman–Crippen LogP) is 4.25. The molecule has 47 heavy (non-hydrogen) atoms. The van der Waals surface area contributed by atoms with E-state index in [0.717, 1.165) is 16.3 Å². The number of nitrogens with zero attached hydrogens (tertiary/aromatic N) is 4. The molecule has 0 radical (unpaired) electrons. The Morgan fingerprint density at radius 1 is 1.02 bits per heavy atom. The second kappa shape index (κ2) is 17.3.